The second-order valence-electron chi connectivity index (χ2n) is 7.54. The van der Waals surface area contributed by atoms with Crippen molar-refractivity contribution < 1.29 is 9.32 Å². The Bertz CT molecular complexity index is 729. The van der Waals surface area contributed by atoms with Gasteiger partial charge in [-0.3, -0.25) is 4.79 Å². The minimum atomic E-state index is -0.104. The minimum Gasteiger partial charge on any atom is -0.360 e. The third kappa shape index (κ3) is 3.83. The van der Waals surface area contributed by atoms with Crippen molar-refractivity contribution in [3.8, 4) is 11.3 Å². The molecule has 1 aliphatic rings. The van der Waals surface area contributed by atoms with Gasteiger partial charge in [-0.15, -0.1) is 0 Å². The summed E-state index contributed by atoms with van der Waals surface area (Å²) in [5.41, 5.74) is 2.08. The lowest BCUT2D eigenvalue weighted by molar-refractivity contribution is 0.0868. The van der Waals surface area contributed by atoms with Gasteiger partial charge in [0.1, 0.15) is 17.0 Å². The molecule has 0 saturated heterocycles. The Morgan fingerprint density at radius 1 is 1.15 bits per heavy atom. The molecule has 1 N–H and O–H groups in total. The number of aryl methyl sites for hydroxylation is 1. The van der Waals surface area contributed by atoms with E-state index < -0.39 is 0 Å². The summed E-state index contributed by atoms with van der Waals surface area (Å²) in [6.07, 6.45) is 7.24. The number of rotatable bonds is 5. The molecule has 0 aliphatic heterocycles. The van der Waals surface area contributed by atoms with Crippen molar-refractivity contribution in [1.29, 1.82) is 0 Å². The Morgan fingerprint density at radius 2 is 1.81 bits per heavy atom. The first kappa shape index (κ1) is 18.6. The summed E-state index contributed by atoms with van der Waals surface area (Å²) in [5, 5.41) is 7.30. The molecule has 1 heterocycles. The number of hydrogen-bond acceptors (Lipinski definition) is 4. The minimum absolute atomic E-state index is 0.0319. The van der Waals surface area contributed by atoms with Gasteiger partial charge in [-0.25, -0.2) is 0 Å². The predicted molar refractivity (Wildman–Crippen MR) is 103 cm³/mol. The van der Waals surface area contributed by atoms with E-state index >= 15 is 0 Å². The molecule has 3 rings (SSSR count). The van der Waals surface area contributed by atoms with Crippen LogP contribution in [-0.4, -0.2) is 42.1 Å². The second kappa shape index (κ2) is 8.04. The number of benzene rings is 1. The van der Waals surface area contributed by atoms with Crippen LogP contribution >= 0.6 is 0 Å². The van der Waals surface area contributed by atoms with E-state index in [-0.39, 0.29) is 11.4 Å². The molecular formula is C21H29N3O2. The van der Waals surface area contributed by atoms with Gasteiger partial charge >= 0.3 is 0 Å². The zero-order valence-electron chi connectivity index (χ0n) is 16.0. The van der Waals surface area contributed by atoms with Gasteiger partial charge in [-0.05, 0) is 33.9 Å². The summed E-state index contributed by atoms with van der Waals surface area (Å²) in [5.74, 6) is 0.453. The van der Waals surface area contributed by atoms with E-state index in [0.29, 0.717) is 23.6 Å². The van der Waals surface area contributed by atoms with Crippen molar-refractivity contribution >= 4 is 5.91 Å². The molecule has 0 bridgehead atoms. The highest BCUT2D eigenvalue weighted by molar-refractivity contribution is 6.00. The van der Waals surface area contributed by atoms with Gasteiger partial charge in [0.05, 0.1) is 0 Å². The maximum absolute atomic E-state index is 13.0. The van der Waals surface area contributed by atoms with Crippen LogP contribution in [0.5, 0.6) is 0 Å². The number of hydrogen-bond donors (Lipinski definition) is 1. The van der Waals surface area contributed by atoms with E-state index in [1.165, 1.54) is 25.7 Å². The molecule has 0 spiro atoms. The Labute approximate surface area is 155 Å². The molecule has 5 heteroatoms. The fraction of sp³-hybridized carbons (Fsp3) is 0.524. The molecule has 26 heavy (non-hydrogen) atoms. The second-order valence-corrected chi connectivity index (χ2v) is 7.54. The van der Waals surface area contributed by atoms with Gasteiger partial charge < -0.3 is 14.7 Å². The molecule has 1 aliphatic carbocycles. The first-order chi connectivity index (χ1) is 12.5. The predicted octanol–water partition coefficient (Wildman–Crippen LogP) is 4.03. The van der Waals surface area contributed by atoms with Crippen LogP contribution in [-0.2, 0) is 0 Å². The summed E-state index contributed by atoms with van der Waals surface area (Å²) in [7, 11) is 4.25. The number of carbonyl (C=O) groups excluding carboxylic acids is 1. The van der Waals surface area contributed by atoms with Crippen molar-refractivity contribution in [2.24, 2.45) is 0 Å². The van der Waals surface area contributed by atoms with Gasteiger partial charge in [0, 0.05) is 17.6 Å². The maximum Gasteiger partial charge on any atom is 0.257 e. The van der Waals surface area contributed by atoms with Crippen molar-refractivity contribution in [3.63, 3.8) is 0 Å². The Morgan fingerprint density at radius 3 is 2.42 bits per heavy atom. The standard InChI is InChI=1S/C21H29N3O2/c1-16-18(19(23-26-16)17-11-7-6-8-12-17)20(25)22-15-21(24(2)3)13-9-4-5-10-14-21/h6-8,11-12H,4-5,9-10,13-15H2,1-3H3,(H,22,25). The van der Waals surface area contributed by atoms with Crippen LogP contribution in [0.1, 0.15) is 54.6 Å². The van der Waals surface area contributed by atoms with Gasteiger partial charge in [0.2, 0.25) is 0 Å². The summed E-state index contributed by atoms with van der Waals surface area (Å²) < 4.78 is 5.33. The number of nitrogens with one attached hydrogen (secondary N) is 1. The third-order valence-corrected chi connectivity index (χ3v) is 5.70. The average Bonchev–Trinajstić information content (AvgIpc) is 2.87. The molecule has 1 fully saturated rings. The van der Waals surface area contributed by atoms with Crippen molar-refractivity contribution in [2.75, 3.05) is 20.6 Å². The van der Waals surface area contributed by atoms with Crippen LogP contribution in [0.4, 0.5) is 0 Å². The van der Waals surface area contributed by atoms with E-state index in [2.05, 4.69) is 29.5 Å². The van der Waals surface area contributed by atoms with Crippen molar-refractivity contribution in [1.82, 2.24) is 15.4 Å². The van der Waals surface area contributed by atoms with Gasteiger partial charge in [-0.1, -0.05) is 61.2 Å². The smallest absolute Gasteiger partial charge is 0.257 e. The molecular weight excluding hydrogens is 326 g/mol. The van der Waals surface area contributed by atoms with Crippen LogP contribution in [0.15, 0.2) is 34.9 Å². The topological polar surface area (TPSA) is 58.4 Å². The van der Waals surface area contributed by atoms with E-state index in [1.807, 2.05) is 30.3 Å². The summed E-state index contributed by atoms with van der Waals surface area (Å²) in [6, 6.07) is 9.71. The van der Waals surface area contributed by atoms with Crippen LogP contribution < -0.4 is 5.32 Å². The molecule has 1 saturated carbocycles. The number of amides is 1. The summed E-state index contributed by atoms with van der Waals surface area (Å²) >= 11 is 0. The van der Waals surface area contributed by atoms with Crippen molar-refractivity contribution in [2.45, 2.75) is 51.0 Å². The van der Waals surface area contributed by atoms with Gasteiger partial charge in [0.25, 0.3) is 5.91 Å². The number of likely N-dealkylation sites (N-methyl/N-ethyl adjacent to an activating group) is 1. The third-order valence-electron chi connectivity index (χ3n) is 5.70. The lowest BCUT2D eigenvalue weighted by Crippen LogP contribution is -2.52. The molecule has 1 aromatic carbocycles. The molecule has 5 nitrogen and oxygen atoms in total. The number of nitrogens with zero attached hydrogens (tertiary/aromatic N) is 2. The van der Waals surface area contributed by atoms with E-state index in [0.717, 1.165) is 18.4 Å². The highest BCUT2D eigenvalue weighted by atomic mass is 16.5. The molecule has 140 valence electrons. The normalized spacial score (nSPS) is 17.1. The lowest BCUT2D eigenvalue weighted by Gasteiger charge is -2.39. The Hall–Kier alpha value is -2.14. The molecule has 1 aromatic heterocycles. The highest BCUT2D eigenvalue weighted by Gasteiger charge is 2.34. The van der Waals surface area contributed by atoms with Crippen LogP contribution in [0.3, 0.4) is 0 Å². The quantitative estimate of drug-likeness (QED) is 0.823. The summed E-state index contributed by atoms with van der Waals surface area (Å²) in [4.78, 5) is 15.3. The highest BCUT2D eigenvalue weighted by Crippen LogP contribution is 2.31. The SMILES string of the molecule is Cc1onc(-c2ccccc2)c1C(=O)NCC1(N(C)C)CCCCCC1. The molecule has 2 aromatic rings. The maximum atomic E-state index is 13.0. The average molecular weight is 355 g/mol. The molecule has 0 radical (unpaired) electrons. The molecule has 0 atom stereocenters. The fourth-order valence-corrected chi connectivity index (χ4v) is 3.93. The van der Waals surface area contributed by atoms with Gasteiger partial charge in [0.15, 0.2) is 0 Å². The van der Waals surface area contributed by atoms with E-state index in [4.69, 9.17) is 4.52 Å². The zero-order chi connectivity index (χ0) is 18.6. The molecule has 0 unspecified atom stereocenters. The lowest BCUT2D eigenvalue weighted by atomic mass is 9.88. The van der Waals surface area contributed by atoms with E-state index in [1.54, 1.807) is 6.92 Å². The molecule has 1 amide bonds. The zero-order valence-corrected chi connectivity index (χ0v) is 16.0. The largest absolute Gasteiger partial charge is 0.360 e. The first-order valence-electron chi connectivity index (χ1n) is 9.51. The van der Waals surface area contributed by atoms with Crippen LogP contribution in [0.25, 0.3) is 11.3 Å². The number of carbonyl (C=O) groups is 1. The van der Waals surface area contributed by atoms with Crippen molar-refractivity contribution in [3.05, 3.63) is 41.7 Å². The number of aromatic nitrogens is 1. The van der Waals surface area contributed by atoms with Crippen LogP contribution in [0, 0.1) is 6.92 Å². The monoisotopic (exact) mass is 355 g/mol. The van der Waals surface area contributed by atoms with Gasteiger partial charge in [-0.2, -0.15) is 0 Å². The Kier molecular flexibility index (Phi) is 5.77. The van der Waals surface area contributed by atoms with E-state index in [9.17, 15) is 4.79 Å². The Balaban J connectivity index is 1.79. The first-order valence-corrected chi connectivity index (χ1v) is 9.51. The fourth-order valence-electron chi connectivity index (χ4n) is 3.93. The summed E-state index contributed by atoms with van der Waals surface area (Å²) in [6.45, 7) is 2.44. The van der Waals surface area contributed by atoms with Crippen LogP contribution in [0.2, 0.25) is 0 Å².